The molecular weight excluding hydrogens is 273 g/mol. The number of carbonyl (C=O) groups excluding carboxylic acids is 1. The molecule has 4 nitrogen and oxygen atoms in total. The lowest BCUT2D eigenvalue weighted by Crippen LogP contribution is -2.40. The molecule has 0 atom stereocenters. The Morgan fingerprint density at radius 1 is 1.25 bits per heavy atom. The number of rotatable bonds is 2. The molecule has 20 heavy (non-hydrogen) atoms. The van der Waals surface area contributed by atoms with Gasteiger partial charge in [-0.1, -0.05) is 0 Å². The first kappa shape index (κ1) is 14.6. The summed E-state index contributed by atoms with van der Waals surface area (Å²) in [5, 5.41) is 2.68. The molecule has 7 heteroatoms. The molecule has 1 aliphatic carbocycles. The zero-order chi connectivity index (χ0) is 14.8. The van der Waals surface area contributed by atoms with Crippen LogP contribution in [0.4, 0.5) is 13.2 Å². The number of pyridine rings is 1. The summed E-state index contributed by atoms with van der Waals surface area (Å²) >= 11 is 0. The molecule has 1 aromatic rings. The Morgan fingerprint density at radius 3 is 2.45 bits per heavy atom. The molecular formula is C13H15F3N2O2. The molecule has 110 valence electrons. The second kappa shape index (κ2) is 5.68. The number of carbonyl (C=O) groups is 1. The van der Waals surface area contributed by atoms with Gasteiger partial charge in [0.15, 0.2) is 0 Å². The minimum atomic E-state index is -4.15. The van der Waals surface area contributed by atoms with Crippen LogP contribution in [0.15, 0.2) is 23.1 Å². The molecule has 1 amide bonds. The van der Waals surface area contributed by atoms with E-state index in [0.29, 0.717) is 12.8 Å². The van der Waals surface area contributed by atoms with Crippen LogP contribution < -0.4 is 10.9 Å². The van der Waals surface area contributed by atoms with Gasteiger partial charge in [0.2, 0.25) is 5.56 Å². The molecule has 2 N–H and O–H groups in total. The third-order valence-electron chi connectivity index (χ3n) is 3.56. The highest BCUT2D eigenvalue weighted by molar-refractivity contribution is 5.94. The quantitative estimate of drug-likeness (QED) is 0.876. The van der Waals surface area contributed by atoms with E-state index in [9.17, 15) is 22.8 Å². The molecule has 0 spiro atoms. The molecule has 1 saturated carbocycles. The molecule has 1 aromatic heterocycles. The Labute approximate surface area is 113 Å². The van der Waals surface area contributed by atoms with Crippen molar-refractivity contribution in [2.24, 2.45) is 5.92 Å². The third-order valence-corrected chi connectivity index (χ3v) is 3.56. The van der Waals surface area contributed by atoms with Crippen LogP contribution >= 0.6 is 0 Å². The van der Waals surface area contributed by atoms with Gasteiger partial charge >= 0.3 is 6.18 Å². The van der Waals surface area contributed by atoms with E-state index in [1.807, 2.05) is 0 Å². The molecule has 0 saturated heterocycles. The number of aromatic amines is 1. The van der Waals surface area contributed by atoms with Gasteiger partial charge in [-0.05, 0) is 31.7 Å². The lowest BCUT2D eigenvalue weighted by Gasteiger charge is -2.30. The van der Waals surface area contributed by atoms with E-state index in [0.717, 1.165) is 6.07 Å². The third kappa shape index (κ3) is 3.61. The van der Waals surface area contributed by atoms with Crippen LogP contribution in [0.25, 0.3) is 0 Å². The molecule has 1 aliphatic rings. The van der Waals surface area contributed by atoms with Gasteiger partial charge in [-0.15, -0.1) is 0 Å². The predicted octanol–water partition coefficient (Wildman–Crippen LogP) is 2.23. The van der Waals surface area contributed by atoms with Gasteiger partial charge in [0.25, 0.3) is 5.91 Å². The van der Waals surface area contributed by atoms with Crippen molar-refractivity contribution < 1.29 is 18.0 Å². The summed E-state index contributed by atoms with van der Waals surface area (Å²) in [6, 6.07) is 2.36. The molecule has 0 radical (unpaired) electrons. The van der Waals surface area contributed by atoms with Gasteiger partial charge in [-0.2, -0.15) is 13.2 Å². The predicted molar refractivity (Wildman–Crippen MR) is 66.3 cm³/mol. The van der Waals surface area contributed by atoms with E-state index in [1.54, 1.807) is 0 Å². The molecule has 1 heterocycles. The standard InChI is InChI=1S/C13H15F3N2O2/c14-13(15,16)9-1-3-10(4-2-9)18-12(20)8-5-6-17-11(19)7-8/h5-7,9-10H,1-4H2,(H,17,19)(H,18,20). The van der Waals surface area contributed by atoms with Crippen molar-refractivity contribution in [2.45, 2.75) is 37.9 Å². The second-order valence-electron chi connectivity index (χ2n) is 5.01. The van der Waals surface area contributed by atoms with E-state index in [2.05, 4.69) is 10.3 Å². The van der Waals surface area contributed by atoms with Crippen LogP contribution in [-0.2, 0) is 0 Å². The summed E-state index contributed by atoms with van der Waals surface area (Å²) < 4.78 is 37.5. The summed E-state index contributed by atoms with van der Waals surface area (Å²) in [6.07, 6.45) is -2.12. The molecule has 0 aliphatic heterocycles. The fourth-order valence-corrected chi connectivity index (χ4v) is 2.42. The number of alkyl halides is 3. The van der Waals surface area contributed by atoms with Gasteiger partial charge in [0.1, 0.15) is 0 Å². The molecule has 2 rings (SSSR count). The molecule has 0 bridgehead atoms. The average molecular weight is 288 g/mol. The van der Waals surface area contributed by atoms with E-state index in [4.69, 9.17) is 0 Å². The van der Waals surface area contributed by atoms with E-state index >= 15 is 0 Å². The van der Waals surface area contributed by atoms with Crippen molar-refractivity contribution in [1.29, 1.82) is 0 Å². The van der Waals surface area contributed by atoms with Crippen molar-refractivity contribution in [1.82, 2.24) is 10.3 Å². The summed E-state index contributed by atoms with van der Waals surface area (Å²) in [5.74, 6) is -1.69. The van der Waals surface area contributed by atoms with Crippen LogP contribution in [0.1, 0.15) is 36.0 Å². The fourth-order valence-electron chi connectivity index (χ4n) is 2.42. The fraction of sp³-hybridized carbons (Fsp3) is 0.538. The monoisotopic (exact) mass is 288 g/mol. The summed E-state index contributed by atoms with van der Waals surface area (Å²) in [5.41, 5.74) is -0.176. The zero-order valence-electron chi connectivity index (χ0n) is 10.7. The lowest BCUT2D eigenvalue weighted by atomic mass is 9.85. The number of hydrogen-bond acceptors (Lipinski definition) is 2. The Morgan fingerprint density at radius 2 is 1.90 bits per heavy atom. The summed E-state index contributed by atoms with van der Waals surface area (Å²) in [6.45, 7) is 0. The first-order valence-corrected chi connectivity index (χ1v) is 6.42. The van der Waals surface area contributed by atoms with Crippen LogP contribution in [0.3, 0.4) is 0 Å². The van der Waals surface area contributed by atoms with E-state index < -0.39 is 23.6 Å². The molecule has 0 aromatic carbocycles. The maximum Gasteiger partial charge on any atom is 0.391 e. The topological polar surface area (TPSA) is 62.0 Å². The minimum absolute atomic E-state index is 0.0316. The Hall–Kier alpha value is -1.79. The highest BCUT2D eigenvalue weighted by Gasteiger charge is 2.41. The number of H-pyrrole nitrogens is 1. The molecule has 1 fully saturated rings. The van der Waals surface area contributed by atoms with Crippen molar-refractivity contribution in [3.05, 3.63) is 34.2 Å². The van der Waals surface area contributed by atoms with Crippen molar-refractivity contribution in [3.63, 3.8) is 0 Å². The number of aromatic nitrogens is 1. The normalized spacial score (nSPS) is 23.4. The van der Waals surface area contributed by atoms with Crippen LogP contribution in [0.5, 0.6) is 0 Å². The van der Waals surface area contributed by atoms with Crippen LogP contribution in [0.2, 0.25) is 0 Å². The van der Waals surface area contributed by atoms with Crippen molar-refractivity contribution in [3.8, 4) is 0 Å². The average Bonchev–Trinajstić information content (AvgIpc) is 2.38. The highest BCUT2D eigenvalue weighted by atomic mass is 19.4. The van der Waals surface area contributed by atoms with Crippen LogP contribution in [0, 0.1) is 5.92 Å². The van der Waals surface area contributed by atoms with Gasteiger partial charge in [0, 0.05) is 23.9 Å². The van der Waals surface area contributed by atoms with E-state index in [1.165, 1.54) is 12.3 Å². The number of hydrogen-bond donors (Lipinski definition) is 2. The Bertz CT molecular complexity index is 531. The van der Waals surface area contributed by atoms with Gasteiger partial charge in [-0.25, -0.2) is 0 Å². The van der Waals surface area contributed by atoms with Gasteiger partial charge < -0.3 is 10.3 Å². The van der Waals surface area contributed by atoms with E-state index in [-0.39, 0.29) is 24.4 Å². The number of amides is 1. The van der Waals surface area contributed by atoms with Crippen LogP contribution in [-0.4, -0.2) is 23.1 Å². The number of halogens is 3. The second-order valence-corrected chi connectivity index (χ2v) is 5.01. The Balaban J connectivity index is 1.90. The minimum Gasteiger partial charge on any atom is -0.349 e. The lowest BCUT2D eigenvalue weighted by molar-refractivity contribution is -0.182. The maximum absolute atomic E-state index is 12.5. The van der Waals surface area contributed by atoms with Crippen molar-refractivity contribution >= 4 is 5.91 Å². The Kier molecular flexibility index (Phi) is 4.15. The maximum atomic E-state index is 12.5. The highest BCUT2D eigenvalue weighted by Crippen LogP contribution is 2.37. The van der Waals surface area contributed by atoms with Gasteiger partial charge in [0.05, 0.1) is 5.92 Å². The zero-order valence-corrected chi connectivity index (χ0v) is 10.7. The van der Waals surface area contributed by atoms with Gasteiger partial charge in [-0.3, -0.25) is 9.59 Å². The first-order valence-electron chi connectivity index (χ1n) is 6.42. The smallest absolute Gasteiger partial charge is 0.349 e. The summed E-state index contributed by atoms with van der Waals surface area (Å²) in [7, 11) is 0. The largest absolute Gasteiger partial charge is 0.391 e. The van der Waals surface area contributed by atoms with Crippen molar-refractivity contribution in [2.75, 3.05) is 0 Å². The molecule has 0 unspecified atom stereocenters. The number of nitrogens with one attached hydrogen (secondary N) is 2. The first-order chi connectivity index (χ1) is 9.36. The summed E-state index contributed by atoms with van der Waals surface area (Å²) in [4.78, 5) is 25.3. The SMILES string of the molecule is O=C(NC1CCC(C(F)(F)F)CC1)c1cc[nH]c(=O)c1.